The highest BCUT2D eigenvalue weighted by molar-refractivity contribution is 5.23. The lowest BCUT2D eigenvalue weighted by atomic mass is 10.0. The summed E-state index contributed by atoms with van der Waals surface area (Å²) in [7, 11) is 0. The number of H-pyrrole nitrogens is 1. The smallest absolute Gasteiger partial charge is 0.248 e. The number of aryl methyl sites for hydroxylation is 1. The first-order chi connectivity index (χ1) is 8.08. The van der Waals surface area contributed by atoms with Gasteiger partial charge in [-0.25, -0.2) is 0 Å². The van der Waals surface area contributed by atoms with Gasteiger partial charge in [0.1, 0.15) is 0 Å². The number of nitrogens with zero attached hydrogens (tertiary/aromatic N) is 1. The molecular weight excluding hydrogens is 212 g/mol. The molecule has 1 atom stereocenters. The Hall–Kier alpha value is -1.09. The lowest BCUT2D eigenvalue weighted by Gasteiger charge is -2.27. The zero-order valence-electron chi connectivity index (χ0n) is 11.0. The summed E-state index contributed by atoms with van der Waals surface area (Å²) in [4.78, 5) is 16.7. The number of hydrogen-bond donors (Lipinski definition) is 1. The molecule has 0 saturated carbocycles. The van der Waals surface area contributed by atoms with E-state index in [1.54, 1.807) is 6.07 Å². The summed E-state index contributed by atoms with van der Waals surface area (Å²) in [6.45, 7) is 8.84. The maximum absolute atomic E-state index is 11.2. The molecule has 0 unspecified atom stereocenters. The van der Waals surface area contributed by atoms with Gasteiger partial charge in [-0.15, -0.1) is 0 Å². The summed E-state index contributed by atoms with van der Waals surface area (Å²) in [5.74, 6) is 0.693. The van der Waals surface area contributed by atoms with Gasteiger partial charge in [-0.3, -0.25) is 9.69 Å². The maximum atomic E-state index is 11.2. The molecule has 1 aromatic heterocycles. The van der Waals surface area contributed by atoms with E-state index in [-0.39, 0.29) is 5.56 Å². The molecule has 0 radical (unpaired) electrons. The van der Waals surface area contributed by atoms with Gasteiger partial charge in [-0.1, -0.05) is 19.9 Å². The molecule has 1 saturated heterocycles. The molecule has 0 aromatic carbocycles. The van der Waals surface area contributed by atoms with Gasteiger partial charge in [0.05, 0.1) is 0 Å². The Bertz CT molecular complexity index is 436. The molecule has 1 aromatic rings. The van der Waals surface area contributed by atoms with Crippen molar-refractivity contribution < 1.29 is 0 Å². The lowest BCUT2D eigenvalue weighted by Crippen LogP contribution is -2.28. The number of likely N-dealkylation sites (tertiary alicyclic amines) is 1. The quantitative estimate of drug-likeness (QED) is 0.872. The van der Waals surface area contributed by atoms with Gasteiger partial charge in [-0.2, -0.15) is 0 Å². The van der Waals surface area contributed by atoms with E-state index in [2.05, 4.69) is 23.7 Å². The highest BCUT2D eigenvalue weighted by atomic mass is 16.1. The molecular formula is C14H22N2O. The topological polar surface area (TPSA) is 36.1 Å². The summed E-state index contributed by atoms with van der Waals surface area (Å²) in [5, 5.41) is 0. The van der Waals surface area contributed by atoms with Gasteiger partial charge in [-0.05, 0) is 37.8 Å². The molecule has 0 aliphatic carbocycles. The Balaban J connectivity index is 2.23. The number of rotatable bonds is 3. The van der Waals surface area contributed by atoms with E-state index in [1.165, 1.54) is 24.9 Å². The largest absolute Gasteiger partial charge is 0.326 e. The van der Waals surface area contributed by atoms with Crippen LogP contribution in [0.25, 0.3) is 0 Å². The highest BCUT2D eigenvalue weighted by Gasteiger charge is 2.27. The Kier molecular flexibility index (Phi) is 3.67. The fraction of sp³-hybridized carbons (Fsp3) is 0.643. The van der Waals surface area contributed by atoms with Crippen molar-refractivity contribution in [3.05, 3.63) is 33.7 Å². The van der Waals surface area contributed by atoms with E-state index in [0.29, 0.717) is 12.0 Å². The number of aromatic amines is 1. The number of hydrogen-bond acceptors (Lipinski definition) is 2. The van der Waals surface area contributed by atoms with E-state index >= 15 is 0 Å². The van der Waals surface area contributed by atoms with Crippen molar-refractivity contribution in [2.24, 2.45) is 5.92 Å². The van der Waals surface area contributed by atoms with E-state index in [9.17, 15) is 4.79 Å². The first-order valence-corrected chi connectivity index (χ1v) is 6.52. The first-order valence-electron chi connectivity index (χ1n) is 6.52. The fourth-order valence-corrected chi connectivity index (χ4v) is 2.82. The predicted octanol–water partition coefficient (Wildman–Crippen LogP) is 2.48. The van der Waals surface area contributed by atoms with Gasteiger partial charge in [0.15, 0.2) is 0 Å². The molecule has 1 aliphatic rings. The summed E-state index contributed by atoms with van der Waals surface area (Å²) >= 11 is 0. The molecule has 3 heteroatoms. The van der Waals surface area contributed by atoms with Crippen molar-refractivity contribution in [3.63, 3.8) is 0 Å². The SMILES string of the molecule is Cc1[nH]c(=O)ccc1[C@@H]1CCCN1CC(C)C. The third kappa shape index (κ3) is 2.78. The van der Waals surface area contributed by atoms with E-state index < -0.39 is 0 Å². The second-order valence-corrected chi connectivity index (χ2v) is 5.45. The van der Waals surface area contributed by atoms with Crippen LogP contribution in [0.5, 0.6) is 0 Å². The molecule has 0 spiro atoms. The summed E-state index contributed by atoms with van der Waals surface area (Å²) in [5.41, 5.74) is 2.32. The van der Waals surface area contributed by atoms with Crippen molar-refractivity contribution in [3.8, 4) is 0 Å². The van der Waals surface area contributed by atoms with Crippen molar-refractivity contribution in [1.82, 2.24) is 9.88 Å². The Morgan fingerprint density at radius 1 is 1.47 bits per heavy atom. The molecule has 3 nitrogen and oxygen atoms in total. The average molecular weight is 234 g/mol. The van der Waals surface area contributed by atoms with Crippen LogP contribution < -0.4 is 5.56 Å². The van der Waals surface area contributed by atoms with Gasteiger partial charge < -0.3 is 4.98 Å². The van der Waals surface area contributed by atoms with Crippen LogP contribution in [0.15, 0.2) is 16.9 Å². The van der Waals surface area contributed by atoms with Crippen LogP contribution in [0.1, 0.15) is 44.0 Å². The summed E-state index contributed by atoms with van der Waals surface area (Å²) in [6.07, 6.45) is 2.47. The highest BCUT2D eigenvalue weighted by Crippen LogP contribution is 2.33. The number of pyridine rings is 1. The van der Waals surface area contributed by atoms with Crippen LogP contribution in [0.3, 0.4) is 0 Å². The molecule has 0 amide bonds. The lowest BCUT2D eigenvalue weighted by molar-refractivity contribution is 0.228. The van der Waals surface area contributed by atoms with Gasteiger partial charge >= 0.3 is 0 Å². The van der Waals surface area contributed by atoms with Gasteiger partial charge in [0, 0.05) is 24.3 Å². The average Bonchev–Trinajstić information content (AvgIpc) is 2.65. The van der Waals surface area contributed by atoms with Crippen molar-refractivity contribution in [2.45, 2.75) is 39.7 Å². The molecule has 2 heterocycles. The minimum absolute atomic E-state index is 0.000318. The zero-order valence-corrected chi connectivity index (χ0v) is 11.0. The molecule has 2 rings (SSSR count). The molecule has 94 valence electrons. The number of aromatic nitrogens is 1. The standard InChI is InChI=1S/C14H22N2O/c1-10(2)9-16-8-4-5-13(16)12-6-7-14(17)15-11(12)3/h6-7,10,13H,4-5,8-9H2,1-3H3,(H,15,17)/t13-/m0/s1. The van der Waals surface area contributed by atoms with Crippen LogP contribution in [-0.2, 0) is 0 Å². The molecule has 1 N–H and O–H groups in total. The second-order valence-electron chi connectivity index (χ2n) is 5.45. The van der Waals surface area contributed by atoms with Crippen LogP contribution in [0.4, 0.5) is 0 Å². The van der Waals surface area contributed by atoms with Crippen LogP contribution in [0.2, 0.25) is 0 Å². The summed E-state index contributed by atoms with van der Waals surface area (Å²) in [6, 6.07) is 4.14. The normalized spacial score (nSPS) is 21.3. The third-order valence-electron chi connectivity index (χ3n) is 3.48. The second kappa shape index (κ2) is 5.05. The van der Waals surface area contributed by atoms with Crippen LogP contribution in [-0.4, -0.2) is 23.0 Å². The van der Waals surface area contributed by atoms with Crippen molar-refractivity contribution in [1.29, 1.82) is 0 Å². The Labute approximate surface area is 103 Å². The van der Waals surface area contributed by atoms with Crippen LogP contribution >= 0.6 is 0 Å². The monoisotopic (exact) mass is 234 g/mol. The van der Waals surface area contributed by atoms with E-state index in [1.807, 2.05) is 13.0 Å². The predicted molar refractivity (Wildman–Crippen MR) is 70.2 cm³/mol. The third-order valence-corrected chi connectivity index (χ3v) is 3.48. The number of nitrogens with one attached hydrogen (secondary N) is 1. The van der Waals surface area contributed by atoms with E-state index in [0.717, 1.165) is 12.2 Å². The fourth-order valence-electron chi connectivity index (χ4n) is 2.82. The van der Waals surface area contributed by atoms with Gasteiger partial charge in [0.2, 0.25) is 5.56 Å². The van der Waals surface area contributed by atoms with Crippen molar-refractivity contribution in [2.75, 3.05) is 13.1 Å². The first kappa shape index (κ1) is 12.4. The van der Waals surface area contributed by atoms with Crippen LogP contribution in [0, 0.1) is 12.8 Å². The maximum Gasteiger partial charge on any atom is 0.248 e. The Morgan fingerprint density at radius 3 is 2.88 bits per heavy atom. The van der Waals surface area contributed by atoms with E-state index in [4.69, 9.17) is 0 Å². The zero-order chi connectivity index (χ0) is 12.4. The minimum atomic E-state index is -0.000318. The Morgan fingerprint density at radius 2 is 2.24 bits per heavy atom. The van der Waals surface area contributed by atoms with Crippen molar-refractivity contribution >= 4 is 0 Å². The van der Waals surface area contributed by atoms with Gasteiger partial charge in [0.25, 0.3) is 0 Å². The molecule has 0 bridgehead atoms. The molecule has 1 fully saturated rings. The molecule has 1 aliphatic heterocycles. The minimum Gasteiger partial charge on any atom is -0.326 e. The molecule has 17 heavy (non-hydrogen) atoms. The summed E-state index contributed by atoms with van der Waals surface area (Å²) < 4.78 is 0.